The third kappa shape index (κ3) is 4.19. The van der Waals surface area contributed by atoms with E-state index in [4.69, 9.17) is 5.73 Å². The summed E-state index contributed by atoms with van der Waals surface area (Å²) in [5.41, 5.74) is 5.68. The largest absolute Gasteiger partial charge is 0.324 e. The van der Waals surface area contributed by atoms with Crippen LogP contribution in [0.5, 0.6) is 0 Å². The van der Waals surface area contributed by atoms with Gasteiger partial charge in [0.05, 0.1) is 0 Å². The lowest BCUT2D eigenvalue weighted by atomic mass is 9.95. The summed E-state index contributed by atoms with van der Waals surface area (Å²) in [7, 11) is -3.36. The van der Waals surface area contributed by atoms with E-state index in [1.165, 1.54) is 0 Å². The van der Waals surface area contributed by atoms with E-state index in [-0.39, 0.29) is 0 Å². The van der Waals surface area contributed by atoms with Crippen LogP contribution >= 0.6 is 0 Å². The maximum absolute atomic E-state index is 12.1. The lowest BCUT2D eigenvalue weighted by Gasteiger charge is -2.32. The van der Waals surface area contributed by atoms with Crippen molar-refractivity contribution in [3.63, 3.8) is 0 Å². The van der Waals surface area contributed by atoms with Crippen LogP contribution in [-0.4, -0.2) is 37.9 Å². The summed E-state index contributed by atoms with van der Waals surface area (Å²) in [5.74, 6) is 0.622. The van der Waals surface area contributed by atoms with Gasteiger partial charge in [-0.25, -0.2) is 4.72 Å². The molecule has 1 rings (SSSR count). The molecule has 1 aliphatic rings. The van der Waals surface area contributed by atoms with Gasteiger partial charge < -0.3 is 5.73 Å². The number of nitrogens with zero attached hydrogens (tertiary/aromatic N) is 1. The van der Waals surface area contributed by atoms with Gasteiger partial charge in [0.1, 0.15) is 0 Å². The fourth-order valence-corrected chi connectivity index (χ4v) is 3.40. The monoisotopic (exact) mass is 277 g/mol. The molecule has 18 heavy (non-hydrogen) atoms. The first-order valence-corrected chi connectivity index (χ1v) is 8.30. The van der Waals surface area contributed by atoms with Gasteiger partial charge in [0.2, 0.25) is 0 Å². The van der Waals surface area contributed by atoms with Crippen LogP contribution in [0.25, 0.3) is 0 Å². The second kappa shape index (κ2) is 6.32. The first kappa shape index (κ1) is 15.9. The molecule has 0 bridgehead atoms. The Morgan fingerprint density at radius 2 is 1.78 bits per heavy atom. The van der Waals surface area contributed by atoms with Crippen LogP contribution in [0.1, 0.15) is 46.5 Å². The minimum atomic E-state index is -3.36. The van der Waals surface area contributed by atoms with Gasteiger partial charge in [-0.2, -0.15) is 12.7 Å². The molecule has 0 radical (unpaired) electrons. The van der Waals surface area contributed by atoms with Gasteiger partial charge in [0.15, 0.2) is 0 Å². The van der Waals surface area contributed by atoms with Crippen molar-refractivity contribution in [1.82, 2.24) is 9.03 Å². The Bertz CT molecular complexity index is 344. The molecule has 0 spiro atoms. The minimum absolute atomic E-state index is 0.314. The summed E-state index contributed by atoms with van der Waals surface area (Å²) in [6, 6.07) is 0. The van der Waals surface area contributed by atoms with E-state index >= 15 is 0 Å². The van der Waals surface area contributed by atoms with E-state index in [1.807, 2.05) is 13.8 Å². The average molecular weight is 277 g/mol. The second-order valence-corrected chi connectivity index (χ2v) is 7.23. The van der Waals surface area contributed by atoms with Crippen LogP contribution in [0, 0.1) is 5.92 Å². The zero-order valence-electron chi connectivity index (χ0n) is 11.8. The second-order valence-electron chi connectivity index (χ2n) is 5.48. The first-order valence-electron chi connectivity index (χ1n) is 6.86. The molecular weight excluding hydrogens is 250 g/mol. The highest BCUT2D eigenvalue weighted by Crippen LogP contribution is 2.18. The Balaban J connectivity index is 2.55. The fraction of sp³-hybridized carbons (Fsp3) is 1.00. The maximum atomic E-state index is 12.1. The molecule has 0 aromatic rings. The number of hydrogen-bond donors (Lipinski definition) is 2. The zero-order chi connectivity index (χ0) is 13.8. The molecule has 1 fully saturated rings. The minimum Gasteiger partial charge on any atom is -0.324 e. The molecule has 1 saturated heterocycles. The molecule has 0 aliphatic carbocycles. The molecule has 1 aliphatic heterocycles. The Labute approximate surface area is 111 Å². The summed E-state index contributed by atoms with van der Waals surface area (Å²) < 4.78 is 28.5. The van der Waals surface area contributed by atoms with Crippen LogP contribution < -0.4 is 10.5 Å². The topological polar surface area (TPSA) is 75.4 Å². The molecule has 0 aromatic carbocycles. The van der Waals surface area contributed by atoms with Gasteiger partial charge in [0, 0.05) is 25.2 Å². The van der Waals surface area contributed by atoms with E-state index in [1.54, 1.807) is 4.31 Å². The SMILES string of the molecule is CCC(N)(CC)CNS(=O)(=O)N1CCC(C)CC1. The molecule has 5 nitrogen and oxygen atoms in total. The predicted molar refractivity (Wildman–Crippen MR) is 74.4 cm³/mol. The van der Waals surface area contributed by atoms with Crippen molar-refractivity contribution in [2.45, 2.75) is 52.0 Å². The highest BCUT2D eigenvalue weighted by atomic mass is 32.2. The van der Waals surface area contributed by atoms with Gasteiger partial charge >= 0.3 is 0 Å². The Morgan fingerprint density at radius 1 is 1.28 bits per heavy atom. The summed E-state index contributed by atoms with van der Waals surface area (Å²) in [6.07, 6.45) is 3.42. The molecule has 0 aromatic heterocycles. The van der Waals surface area contributed by atoms with E-state index in [9.17, 15) is 8.42 Å². The van der Waals surface area contributed by atoms with Crippen molar-refractivity contribution in [1.29, 1.82) is 0 Å². The Hall–Kier alpha value is -0.170. The van der Waals surface area contributed by atoms with Crippen LogP contribution in [0.2, 0.25) is 0 Å². The van der Waals surface area contributed by atoms with Crippen molar-refractivity contribution in [2.75, 3.05) is 19.6 Å². The summed E-state index contributed by atoms with van der Waals surface area (Å²) in [6.45, 7) is 7.68. The Kier molecular flexibility index (Phi) is 5.58. The summed E-state index contributed by atoms with van der Waals surface area (Å²) in [4.78, 5) is 0. The molecule has 6 heteroatoms. The quantitative estimate of drug-likeness (QED) is 0.762. The van der Waals surface area contributed by atoms with Gasteiger partial charge in [-0.3, -0.25) is 0 Å². The molecule has 1 heterocycles. The smallest absolute Gasteiger partial charge is 0.279 e. The van der Waals surface area contributed by atoms with E-state index in [0.29, 0.717) is 25.6 Å². The van der Waals surface area contributed by atoms with Crippen molar-refractivity contribution < 1.29 is 8.42 Å². The molecular formula is C12H27N3O2S. The summed E-state index contributed by atoms with van der Waals surface area (Å²) >= 11 is 0. The fourth-order valence-electron chi connectivity index (χ4n) is 2.05. The van der Waals surface area contributed by atoms with E-state index in [2.05, 4.69) is 11.6 Å². The van der Waals surface area contributed by atoms with E-state index in [0.717, 1.165) is 25.7 Å². The van der Waals surface area contributed by atoms with E-state index < -0.39 is 15.7 Å². The number of nitrogens with two attached hydrogens (primary N) is 1. The zero-order valence-corrected chi connectivity index (χ0v) is 12.6. The maximum Gasteiger partial charge on any atom is 0.279 e. The highest BCUT2D eigenvalue weighted by Gasteiger charge is 2.29. The molecule has 3 N–H and O–H groups in total. The molecule has 0 saturated carbocycles. The van der Waals surface area contributed by atoms with Crippen molar-refractivity contribution in [3.8, 4) is 0 Å². The number of piperidine rings is 1. The molecule has 0 unspecified atom stereocenters. The number of hydrogen-bond acceptors (Lipinski definition) is 3. The summed E-state index contributed by atoms with van der Waals surface area (Å²) in [5, 5.41) is 0. The number of nitrogens with one attached hydrogen (secondary N) is 1. The molecule has 0 atom stereocenters. The number of rotatable bonds is 6. The molecule has 0 amide bonds. The van der Waals surface area contributed by atoms with Crippen LogP contribution in [0.4, 0.5) is 0 Å². The standard InChI is InChI=1S/C12H27N3O2S/c1-4-12(13,5-2)10-14-18(16,17)15-8-6-11(3)7-9-15/h11,14H,4-10,13H2,1-3H3. The van der Waals surface area contributed by atoms with Crippen molar-refractivity contribution in [3.05, 3.63) is 0 Å². The average Bonchev–Trinajstić information content (AvgIpc) is 2.37. The molecule has 108 valence electrons. The van der Waals surface area contributed by atoms with Crippen LogP contribution in [0.15, 0.2) is 0 Å². The predicted octanol–water partition coefficient (Wildman–Crippen LogP) is 1.07. The van der Waals surface area contributed by atoms with Gasteiger partial charge in [-0.15, -0.1) is 0 Å². The van der Waals surface area contributed by atoms with Gasteiger partial charge in [0.25, 0.3) is 10.2 Å². The Morgan fingerprint density at radius 3 is 2.22 bits per heavy atom. The van der Waals surface area contributed by atoms with Crippen LogP contribution in [-0.2, 0) is 10.2 Å². The van der Waals surface area contributed by atoms with Gasteiger partial charge in [-0.1, -0.05) is 20.8 Å². The van der Waals surface area contributed by atoms with Crippen LogP contribution in [0.3, 0.4) is 0 Å². The lowest BCUT2D eigenvalue weighted by Crippen LogP contribution is -2.53. The van der Waals surface area contributed by atoms with Gasteiger partial charge in [-0.05, 0) is 31.6 Å². The third-order valence-electron chi connectivity index (χ3n) is 4.10. The van der Waals surface area contributed by atoms with Crippen molar-refractivity contribution >= 4 is 10.2 Å². The third-order valence-corrected chi connectivity index (χ3v) is 5.65. The lowest BCUT2D eigenvalue weighted by molar-refractivity contribution is 0.282. The highest BCUT2D eigenvalue weighted by molar-refractivity contribution is 7.87. The normalized spacial score (nSPS) is 20.2. The first-order chi connectivity index (χ1) is 8.33. The van der Waals surface area contributed by atoms with Crippen molar-refractivity contribution in [2.24, 2.45) is 11.7 Å².